The van der Waals surface area contributed by atoms with Crippen LogP contribution in [0.5, 0.6) is 0 Å². The first-order chi connectivity index (χ1) is 16.3. The van der Waals surface area contributed by atoms with Crippen LogP contribution in [0, 0.1) is 29.1 Å². The van der Waals surface area contributed by atoms with Crippen molar-refractivity contribution in [2.45, 2.75) is 71.4 Å². The van der Waals surface area contributed by atoms with Crippen molar-refractivity contribution in [2.24, 2.45) is 29.1 Å². The molecule has 0 radical (unpaired) electrons. The molecule has 4 rings (SSSR count). The van der Waals surface area contributed by atoms with Gasteiger partial charge in [-0.3, -0.25) is 14.6 Å². The molecule has 2 saturated carbocycles. The fourth-order valence-electron chi connectivity index (χ4n) is 6.94. The van der Waals surface area contributed by atoms with E-state index in [0.717, 1.165) is 45.3 Å². The largest absolute Gasteiger partial charge is 0.392 e. The summed E-state index contributed by atoms with van der Waals surface area (Å²) in [5, 5.41) is 17.9. The van der Waals surface area contributed by atoms with E-state index in [1.807, 2.05) is 13.0 Å². The van der Waals surface area contributed by atoms with Crippen LogP contribution in [0.25, 0.3) is 0 Å². The number of carbonyl (C=O) groups excluding carboxylic acids is 2. The molecule has 7 nitrogen and oxygen atoms in total. The molecule has 1 saturated heterocycles. The van der Waals surface area contributed by atoms with E-state index in [4.69, 9.17) is 0 Å². The minimum atomic E-state index is -0.553. The van der Waals surface area contributed by atoms with Gasteiger partial charge in [-0.1, -0.05) is 26.8 Å². The van der Waals surface area contributed by atoms with Gasteiger partial charge in [-0.15, -0.1) is 0 Å². The first-order valence-electron chi connectivity index (χ1n) is 13.2. The van der Waals surface area contributed by atoms with Crippen molar-refractivity contribution >= 4 is 11.8 Å². The molecule has 1 aliphatic heterocycles. The smallest absolute Gasteiger partial charge is 0.270 e. The predicted octanol–water partition coefficient (Wildman–Crippen LogP) is 2.85. The number of aromatic nitrogens is 1. The zero-order chi connectivity index (χ0) is 24.3. The Labute approximate surface area is 204 Å². The van der Waals surface area contributed by atoms with Crippen LogP contribution >= 0.6 is 0 Å². The lowest BCUT2D eigenvalue weighted by atomic mass is 9.51. The van der Waals surface area contributed by atoms with Crippen LogP contribution in [0.3, 0.4) is 0 Å². The molecule has 1 unspecified atom stereocenters. The second-order valence-electron chi connectivity index (χ2n) is 11.2. The van der Waals surface area contributed by atoms with Crippen molar-refractivity contribution in [1.82, 2.24) is 20.5 Å². The number of amides is 2. The Balaban J connectivity index is 1.37. The van der Waals surface area contributed by atoms with Crippen LogP contribution in [0.4, 0.5) is 0 Å². The van der Waals surface area contributed by atoms with E-state index in [-0.39, 0.29) is 46.9 Å². The molecule has 3 fully saturated rings. The zero-order valence-electron chi connectivity index (χ0n) is 21.0. The molecule has 3 aliphatic rings. The highest BCUT2D eigenvalue weighted by Gasteiger charge is 2.53. The molecule has 0 spiro atoms. The number of aliphatic hydroxyl groups is 1. The molecule has 0 bridgehead atoms. The molecule has 34 heavy (non-hydrogen) atoms. The van der Waals surface area contributed by atoms with E-state index in [1.165, 1.54) is 12.8 Å². The number of likely N-dealkylation sites (tertiary alicyclic amines) is 1. The molecule has 2 aliphatic carbocycles. The summed E-state index contributed by atoms with van der Waals surface area (Å²) in [5.74, 6) is -0.223. The van der Waals surface area contributed by atoms with Crippen LogP contribution in [-0.2, 0) is 4.79 Å². The van der Waals surface area contributed by atoms with Crippen LogP contribution in [0.15, 0.2) is 24.4 Å². The number of aliphatic hydroxyl groups excluding tert-OH is 1. The standard InChI is InChI=1S/C27H42N4O3/c1-18(25(33)29-14-17-31-15-6-7-16-31)20-9-11-27(3)12-10-21(19(2)23(27)24(20)32)30-26(34)22-8-4-5-13-28-22/h4-5,8,13,18-21,23-24,32H,6-7,9-12,14-17H2,1-3H3,(H,29,33)(H,30,34)/t18-,19+,20?,21-,23+,24-,27-/m0/s1. The number of pyridine rings is 1. The maximum atomic E-state index is 12.9. The molecule has 7 heteroatoms. The third-order valence-electron chi connectivity index (χ3n) is 9.08. The maximum absolute atomic E-state index is 12.9. The molecule has 1 aromatic rings. The number of rotatable bonds is 7. The van der Waals surface area contributed by atoms with Gasteiger partial charge in [0.1, 0.15) is 5.69 Å². The van der Waals surface area contributed by atoms with Gasteiger partial charge in [-0.05, 0) is 86.9 Å². The topological polar surface area (TPSA) is 94.6 Å². The van der Waals surface area contributed by atoms with Crippen molar-refractivity contribution in [3.05, 3.63) is 30.1 Å². The lowest BCUT2D eigenvalue weighted by molar-refractivity contribution is -0.141. The quantitative estimate of drug-likeness (QED) is 0.570. The molecule has 7 atom stereocenters. The van der Waals surface area contributed by atoms with Crippen molar-refractivity contribution < 1.29 is 14.7 Å². The summed E-state index contributed by atoms with van der Waals surface area (Å²) < 4.78 is 0. The molecule has 3 N–H and O–H groups in total. The molecule has 2 heterocycles. The Kier molecular flexibility index (Phi) is 7.93. The summed E-state index contributed by atoms with van der Waals surface area (Å²) in [6, 6.07) is 5.33. The Bertz CT molecular complexity index is 844. The van der Waals surface area contributed by atoms with Gasteiger partial charge < -0.3 is 20.6 Å². The number of nitrogens with zero attached hydrogens (tertiary/aromatic N) is 2. The number of carbonyl (C=O) groups is 2. The monoisotopic (exact) mass is 470 g/mol. The minimum absolute atomic E-state index is 0.00873. The highest BCUT2D eigenvalue weighted by atomic mass is 16.3. The first-order valence-corrected chi connectivity index (χ1v) is 13.2. The summed E-state index contributed by atoms with van der Waals surface area (Å²) in [4.78, 5) is 32.3. The second kappa shape index (κ2) is 10.7. The highest BCUT2D eigenvalue weighted by molar-refractivity contribution is 5.92. The third-order valence-corrected chi connectivity index (χ3v) is 9.08. The SMILES string of the molecule is C[C@H]1[C@@H]2[C@@H](O)C([C@H](C)C(=O)NCCN3CCCC3)CC[C@@]2(C)CC[C@@H]1NC(=O)c1ccccn1. The third kappa shape index (κ3) is 5.30. The molecule has 1 aromatic heterocycles. The lowest BCUT2D eigenvalue weighted by Gasteiger charge is -2.56. The van der Waals surface area contributed by atoms with Gasteiger partial charge in [-0.25, -0.2) is 0 Å². The van der Waals surface area contributed by atoms with E-state index in [1.54, 1.807) is 18.3 Å². The molecular formula is C27H42N4O3. The van der Waals surface area contributed by atoms with Crippen molar-refractivity contribution in [2.75, 3.05) is 26.2 Å². The van der Waals surface area contributed by atoms with Crippen molar-refractivity contribution in [3.63, 3.8) is 0 Å². The van der Waals surface area contributed by atoms with E-state index < -0.39 is 6.10 Å². The van der Waals surface area contributed by atoms with Crippen LogP contribution in [-0.4, -0.2) is 65.1 Å². The van der Waals surface area contributed by atoms with Crippen LogP contribution in [0.1, 0.15) is 69.8 Å². The van der Waals surface area contributed by atoms with Gasteiger partial charge in [0.15, 0.2) is 0 Å². The number of hydrogen-bond acceptors (Lipinski definition) is 5. The van der Waals surface area contributed by atoms with Gasteiger partial charge in [0, 0.05) is 31.2 Å². The van der Waals surface area contributed by atoms with Gasteiger partial charge >= 0.3 is 0 Å². The normalized spacial score (nSPS) is 34.8. The Morgan fingerprint density at radius 2 is 1.97 bits per heavy atom. The second-order valence-corrected chi connectivity index (χ2v) is 11.2. The van der Waals surface area contributed by atoms with Gasteiger partial charge in [0.2, 0.25) is 5.91 Å². The maximum Gasteiger partial charge on any atom is 0.270 e. The number of nitrogens with one attached hydrogen (secondary N) is 2. The summed E-state index contributed by atoms with van der Waals surface area (Å²) in [6.45, 7) is 10.2. The van der Waals surface area contributed by atoms with Gasteiger partial charge in [-0.2, -0.15) is 0 Å². The zero-order valence-corrected chi connectivity index (χ0v) is 21.0. The summed E-state index contributed by atoms with van der Waals surface area (Å²) in [6.07, 6.45) is 7.32. The molecular weight excluding hydrogens is 428 g/mol. The lowest BCUT2D eigenvalue weighted by Crippen LogP contribution is -2.58. The fraction of sp³-hybridized carbons (Fsp3) is 0.741. The average Bonchev–Trinajstić information content (AvgIpc) is 3.35. The summed E-state index contributed by atoms with van der Waals surface area (Å²) >= 11 is 0. The first kappa shape index (κ1) is 25.1. The number of hydrogen-bond donors (Lipinski definition) is 3. The van der Waals surface area contributed by atoms with Crippen LogP contribution < -0.4 is 10.6 Å². The van der Waals surface area contributed by atoms with Crippen LogP contribution in [0.2, 0.25) is 0 Å². The Hall–Kier alpha value is -1.99. The van der Waals surface area contributed by atoms with E-state index in [0.29, 0.717) is 12.2 Å². The molecule has 188 valence electrons. The summed E-state index contributed by atoms with van der Waals surface area (Å²) in [5.41, 5.74) is 0.456. The van der Waals surface area contributed by atoms with Crippen molar-refractivity contribution in [3.8, 4) is 0 Å². The predicted molar refractivity (Wildman–Crippen MR) is 132 cm³/mol. The average molecular weight is 471 g/mol. The molecule has 0 aromatic carbocycles. The Morgan fingerprint density at radius 1 is 1.24 bits per heavy atom. The fourth-order valence-corrected chi connectivity index (χ4v) is 6.94. The Morgan fingerprint density at radius 3 is 2.68 bits per heavy atom. The van der Waals surface area contributed by atoms with Crippen molar-refractivity contribution in [1.29, 1.82) is 0 Å². The van der Waals surface area contributed by atoms with E-state index >= 15 is 0 Å². The van der Waals surface area contributed by atoms with E-state index in [9.17, 15) is 14.7 Å². The summed E-state index contributed by atoms with van der Waals surface area (Å²) in [7, 11) is 0. The highest BCUT2D eigenvalue weighted by Crippen LogP contribution is 2.55. The molecule has 2 amide bonds. The number of fused-ring (bicyclic) bond motifs is 1. The van der Waals surface area contributed by atoms with Gasteiger partial charge in [0.05, 0.1) is 6.10 Å². The van der Waals surface area contributed by atoms with Gasteiger partial charge in [0.25, 0.3) is 5.91 Å². The van der Waals surface area contributed by atoms with E-state index in [2.05, 4.69) is 34.4 Å². The minimum Gasteiger partial charge on any atom is -0.392 e.